The van der Waals surface area contributed by atoms with Crippen LogP contribution >= 0.6 is 0 Å². The number of ketones is 1. The highest BCUT2D eigenvalue weighted by Gasteiger charge is 2.33. The maximum Gasteiger partial charge on any atom is 0.412 e. The van der Waals surface area contributed by atoms with Crippen LogP contribution in [0.1, 0.15) is 92.5 Å². The summed E-state index contributed by atoms with van der Waals surface area (Å²) in [5.41, 5.74) is -0.149. The second-order valence-corrected chi connectivity index (χ2v) is 13.6. The van der Waals surface area contributed by atoms with Crippen molar-refractivity contribution < 1.29 is 52.5 Å². The fourth-order valence-electron chi connectivity index (χ4n) is 5.65. The van der Waals surface area contributed by atoms with Crippen LogP contribution in [0.5, 0.6) is 0 Å². The van der Waals surface area contributed by atoms with E-state index in [1.54, 1.807) is 27.7 Å². The average Bonchev–Trinajstić information content (AvgIpc) is 3.12. The Morgan fingerprint density at radius 1 is 0.887 bits per heavy atom. The summed E-state index contributed by atoms with van der Waals surface area (Å²) < 4.78 is 20.7. The molecule has 2 atom stereocenters. The Kier molecular flexibility index (Phi) is 16.4. The normalized spacial score (nSPS) is 14.1. The van der Waals surface area contributed by atoms with E-state index >= 15 is 0 Å². The summed E-state index contributed by atoms with van der Waals surface area (Å²) in [5.74, 6) is -5.06. The van der Waals surface area contributed by atoms with Gasteiger partial charge in [0, 0.05) is 5.56 Å². The molecule has 288 valence electrons. The summed E-state index contributed by atoms with van der Waals surface area (Å²) in [5, 5.41) is 10.0. The number of carbonyl (C=O) groups excluding carboxylic acids is 7. The Morgan fingerprint density at radius 3 is 2.23 bits per heavy atom. The van der Waals surface area contributed by atoms with Crippen LogP contribution in [0.25, 0.3) is 0 Å². The highest BCUT2D eigenvalue weighted by atomic mass is 16.6. The highest BCUT2D eigenvalue weighted by molar-refractivity contribution is 6.38. The standard InChI is InChI=1S/C38H50N4O11/c1-6-52-31(43)21-39-35(47)32(44)30(23-51-22-25-15-11-8-12-16-25)41-34(46)29(19-24-13-9-7-10-14-24)40-33(45)26-17-18-27(36(48)50-5)28(20-26)42-37(49)53-38(2,3)4/h8,11-12,15-18,20,24,29-30H,6-7,9-10,13-14,19,21-23H2,1-5H3,(H,39,47)(H,40,45)(H,41,46)(H,42,49)/t29-,30-/m1/s1. The van der Waals surface area contributed by atoms with Crippen LogP contribution in [-0.4, -0.2) is 86.1 Å². The molecule has 15 heteroatoms. The number of amides is 4. The van der Waals surface area contributed by atoms with Crippen molar-refractivity contribution in [3.05, 3.63) is 65.2 Å². The van der Waals surface area contributed by atoms with Crippen molar-refractivity contribution in [2.45, 2.75) is 90.5 Å². The first-order chi connectivity index (χ1) is 25.2. The molecule has 3 rings (SSSR count). The molecule has 1 aliphatic rings. The molecule has 4 N–H and O–H groups in total. The molecule has 15 nitrogen and oxygen atoms in total. The molecule has 2 aromatic rings. The minimum Gasteiger partial charge on any atom is -0.465 e. The van der Waals surface area contributed by atoms with E-state index in [1.807, 2.05) is 30.3 Å². The maximum absolute atomic E-state index is 14.0. The van der Waals surface area contributed by atoms with Gasteiger partial charge in [-0.3, -0.25) is 29.3 Å². The largest absolute Gasteiger partial charge is 0.465 e. The third-order valence-electron chi connectivity index (χ3n) is 8.19. The smallest absolute Gasteiger partial charge is 0.412 e. The second kappa shape index (κ2) is 20.7. The van der Waals surface area contributed by atoms with Crippen LogP contribution in [0.2, 0.25) is 0 Å². The summed E-state index contributed by atoms with van der Waals surface area (Å²) in [6.07, 6.45) is 3.99. The molecule has 0 saturated heterocycles. The zero-order valence-corrected chi connectivity index (χ0v) is 30.9. The molecule has 53 heavy (non-hydrogen) atoms. The number of anilines is 1. The Hall–Kier alpha value is -5.31. The number of ether oxygens (including phenoxy) is 4. The topological polar surface area (TPSA) is 205 Å². The third kappa shape index (κ3) is 14.3. The Labute approximate surface area is 309 Å². The lowest BCUT2D eigenvalue weighted by molar-refractivity contribution is -0.146. The molecule has 4 amide bonds. The summed E-state index contributed by atoms with van der Waals surface area (Å²) in [6.45, 7) is 5.82. The minimum atomic E-state index is -1.47. The number of hydrogen-bond donors (Lipinski definition) is 4. The van der Waals surface area contributed by atoms with Crippen molar-refractivity contribution in [1.82, 2.24) is 16.0 Å². The van der Waals surface area contributed by atoms with E-state index in [2.05, 4.69) is 21.3 Å². The Morgan fingerprint density at radius 2 is 1.58 bits per heavy atom. The zero-order valence-electron chi connectivity index (χ0n) is 30.9. The van der Waals surface area contributed by atoms with Gasteiger partial charge in [0.2, 0.25) is 11.7 Å². The summed E-state index contributed by atoms with van der Waals surface area (Å²) in [4.78, 5) is 90.7. The van der Waals surface area contributed by atoms with Gasteiger partial charge >= 0.3 is 18.0 Å². The maximum atomic E-state index is 14.0. The average molecular weight is 739 g/mol. The summed E-state index contributed by atoms with van der Waals surface area (Å²) in [6, 6.07) is 10.4. The summed E-state index contributed by atoms with van der Waals surface area (Å²) >= 11 is 0. The number of methoxy groups -OCH3 is 1. The lowest BCUT2D eigenvalue weighted by Crippen LogP contribution is -2.56. The lowest BCUT2D eigenvalue weighted by atomic mass is 9.84. The van der Waals surface area contributed by atoms with Gasteiger partial charge in [0.15, 0.2) is 0 Å². The monoisotopic (exact) mass is 738 g/mol. The predicted molar refractivity (Wildman–Crippen MR) is 193 cm³/mol. The van der Waals surface area contributed by atoms with Gasteiger partial charge in [0.25, 0.3) is 11.8 Å². The van der Waals surface area contributed by atoms with Crippen molar-refractivity contribution in [3.63, 3.8) is 0 Å². The quantitative estimate of drug-likeness (QED) is 0.104. The van der Waals surface area contributed by atoms with Gasteiger partial charge in [-0.15, -0.1) is 0 Å². The van der Waals surface area contributed by atoms with Crippen molar-refractivity contribution in [1.29, 1.82) is 0 Å². The van der Waals surface area contributed by atoms with E-state index in [1.165, 1.54) is 25.3 Å². The van der Waals surface area contributed by atoms with Crippen LogP contribution in [0.4, 0.5) is 10.5 Å². The number of Topliss-reactive ketones (excluding diaryl/α,β-unsaturated/α-hetero) is 1. The molecule has 1 fully saturated rings. The highest BCUT2D eigenvalue weighted by Crippen LogP contribution is 2.28. The first-order valence-electron chi connectivity index (χ1n) is 17.6. The molecular formula is C38H50N4O11. The van der Waals surface area contributed by atoms with Crippen LogP contribution < -0.4 is 21.3 Å². The third-order valence-corrected chi connectivity index (χ3v) is 8.19. The first-order valence-corrected chi connectivity index (χ1v) is 17.6. The van der Waals surface area contributed by atoms with Crippen LogP contribution in [0, 0.1) is 5.92 Å². The number of benzene rings is 2. The van der Waals surface area contributed by atoms with Gasteiger partial charge in [-0.1, -0.05) is 62.4 Å². The molecule has 0 radical (unpaired) electrons. The van der Waals surface area contributed by atoms with Gasteiger partial charge in [0.05, 0.1) is 38.2 Å². The number of nitrogens with one attached hydrogen (secondary N) is 4. The molecular weight excluding hydrogens is 688 g/mol. The Bertz CT molecular complexity index is 1600. The predicted octanol–water partition coefficient (Wildman–Crippen LogP) is 3.84. The number of carbonyl (C=O) groups is 7. The van der Waals surface area contributed by atoms with E-state index in [-0.39, 0.29) is 49.0 Å². The summed E-state index contributed by atoms with van der Waals surface area (Å²) in [7, 11) is 1.17. The fraction of sp³-hybridized carbons (Fsp3) is 0.500. The molecule has 0 heterocycles. The van der Waals surface area contributed by atoms with Crippen molar-refractivity contribution >= 4 is 47.2 Å². The first kappa shape index (κ1) is 42.1. The lowest BCUT2D eigenvalue weighted by Gasteiger charge is -2.28. The second-order valence-electron chi connectivity index (χ2n) is 13.6. The van der Waals surface area contributed by atoms with Crippen molar-refractivity contribution in [3.8, 4) is 0 Å². The molecule has 0 bridgehead atoms. The SMILES string of the molecule is CCOC(=O)CNC(=O)C(=O)[C@@H](COCc1ccccc1)NC(=O)[C@@H](CC1CCCCC1)NC(=O)c1ccc(C(=O)OC)c(NC(=O)OC(C)(C)C)c1. The Balaban J connectivity index is 1.86. The van der Waals surface area contributed by atoms with Crippen molar-refractivity contribution in [2.75, 3.05) is 32.2 Å². The van der Waals surface area contributed by atoms with Crippen LogP contribution in [0.3, 0.4) is 0 Å². The van der Waals surface area contributed by atoms with Crippen LogP contribution in [-0.2, 0) is 44.7 Å². The van der Waals surface area contributed by atoms with Gasteiger partial charge in [-0.25, -0.2) is 9.59 Å². The zero-order chi connectivity index (χ0) is 39.0. The van der Waals surface area contributed by atoms with E-state index in [9.17, 15) is 33.6 Å². The van der Waals surface area contributed by atoms with Gasteiger partial charge in [-0.05, 0) is 63.8 Å². The molecule has 0 unspecified atom stereocenters. The van der Waals surface area contributed by atoms with E-state index in [4.69, 9.17) is 18.9 Å². The van der Waals surface area contributed by atoms with Gasteiger partial charge in [0.1, 0.15) is 24.2 Å². The fourth-order valence-corrected chi connectivity index (χ4v) is 5.65. The number of esters is 2. The molecule has 0 aromatic heterocycles. The molecule has 1 aliphatic carbocycles. The molecule has 1 saturated carbocycles. The minimum absolute atomic E-state index is 0.00215. The van der Waals surface area contributed by atoms with Gasteiger partial charge in [-0.2, -0.15) is 0 Å². The van der Waals surface area contributed by atoms with E-state index < -0.39 is 65.8 Å². The molecule has 0 spiro atoms. The number of hydrogen-bond acceptors (Lipinski definition) is 11. The van der Waals surface area contributed by atoms with E-state index in [0.29, 0.717) is 0 Å². The van der Waals surface area contributed by atoms with E-state index in [0.717, 1.165) is 37.7 Å². The number of rotatable bonds is 17. The molecule has 0 aliphatic heterocycles. The van der Waals surface area contributed by atoms with Crippen LogP contribution in [0.15, 0.2) is 48.5 Å². The van der Waals surface area contributed by atoms with Crippen molar-refractivity contribution in [2.24, 2.45) is 5.92 Å². The van der Waals surface area contributed by atoms with Gasteiger partial charge < -0.3 is 34.9 Å². The molecule has 2 aromatic carbocycles.